The van der Waals surface area contributed by atoms with Crippen molar-refractivity contribution in [1.29, 1.82) is 0 Å². The Morgan fingerprint density at radius 2 is 2.36 bits per heavy atom. The summed E-state index contributed by atoms with van der Waals surface area (Å²) in [6, 6.07) is 6.21. The first-order valence-electron chi connectivity index (χ1n) is 4.85. The standard InChI is InChI=1S/C11H14BrNO/c1-14-9-2-3-10(11(12)6-9)8-4-5-13-7-8/h2-3,6,8,13H,4-5,7H2,1H3/t8-/m0/s1. The molecule has 0 radical (unpaired) electrons. The average molecular weight is 256 g/mol. The van der Waals surface area contributed by atoms with Crippen LogP contribution in [0.3, 0.4) is 0 Å². The molecule has 1 N–H and O–H groups in total. The SMILES string of the molecule is COc1ccc([C@H]2CCNC2)c(Br)c1. The van der Waals surface area contributed by atoms with E-state index < -0.39 is 0 Å². The average Bonchev–Trinajstić information content (AvgIpc) is 2.70. The fourth-order valence-corrected chi connectivity index (χ4v) is 2.57. The van der Waals surface area contributed by atoms with Crippen LogP contribution in [0, 0.1) is 0 Å². The van der Waals surface area contributed by atoms with E-state index in [0.29, 0.717) is 5.92 Å². The first-order chi connectivity index (χ1) is 6.81. The Morgan fingerprint density at radius 3 is 2.93 bits per heavy atom. The molecule has 2 rings (SSSR count). The van der Waals surface area contributed by atoms with Gasteiger partial charge in [0.05, 0.1) is 7.11 Å². The van der Waals surface area contributed by atoms with E-state index in [4.69, 9.17) is 4.74 Å². The van der Waals surface area contributed by atoms with Crippen LogP contribution in [-0.2, 0) is 0 Å². The summed E-state index contributed by atoms with van der Waals surface area (Å²) in [6.45, 7) is 2.22. The van der Waals surface area contributed by atoms with E-state index in [9.17, 15) is 0 Å². The molecule has 0 unspecified atom stereocenters. The van der Waals surface area contributed by atoms with E-state index in [-0.39, 0.29) is 0 Å². The molecule has 3 heteroatoms. The van der Waals surface area contributed by atoms with E-state index in [1.54, 1.807) is 7.11 Å². The van der Waals surface area contributed by atoms with Gasteiger partial charge in [0, 0.05) is 11.0 Å². The van der Waals surface area contributed by atoms with E-state index in [1.807, 2.05) is 12.1 Å². The smallest absolute Gasteiger partial charge is 0.120 e. The van der Waals surface area contributed by atoms with Gasteiger partial charge >= 0.3 is 0 Å². The zero-order chi connectivity index (χ0) is 9.97. The molecular weight excluding hydrogens is 242 g/mol. The second-order valence-electron chi connectivity index (χ2n) is 3.58. The highest BCUT2D eigenvalue weighted by molar-refractivity contribution is 9.10. The Hall–Kier alpha value is -0.540. The largest absolute Gasteiger partial charge is 0.497 e. The number of hydrogen-bond acceptors (Lipinski definition) is 2. The van der Waals surface area contributed by atoms with Gasteiger partial charge in [-0.25, -0.2) is 0 Å². The summed E-state index contributed by atoms with van der Waals surface area (Å²) >= 11 is 3.59. The molecule has 1 heterocycles. The maximum atomic E-state index is 5.17. The van der Waals surface area contributed by atoms with Crippen LogP contribution in [0.2, 0.25) is 0 Å². The second kappa shape index (κ2) is 4.32. The summed E-state index contributed by atoms with van der Waals surface area (Å²) in [5.41, 5.74) is 1.39. The van der Waals surface area contributed by atoms with Crippen molar-refractivity contribution in [2.24, 2.45) is 0 Å². The molecule has 0 aliphatic carbocycles. The lowest BCUT2D eigenvalue weighted by Gasteiger charge is -2.12. The minimum absolute atomic E-state index is 0.648. The number of hydrogen-bond donors (Lipinski definition) is 1. The van der Waals surface area contributed by atoms with Crippen LogP contribution >= 0.6 is 15.9 Å². The van der Waals surface area contributed by atoms with E-state index in [1.165, 1.54) is 12.0 Å². The van der Waals surface area contributed by atoms with E-state index >= 15 is 0 Å². The molecule has 1 aromatic rings. The molecule has 0 amide bonds. The van der Waals surface area contributed by atoms with E-state index in [0.717, 1.165) is 23.3 Å². The summed E-state index contributed by atoms with van der Waals surface area (Å²) in [5, 5.41) is 3.37. The lowest BCUT2D eigenvalue weighted by molar-refractivity contribution is 0.414. The van der Waals surface area contributed by atoms with Gasteiger partial charge < -0.3 is 10.1 Å². The van der Waals surface area contributed by atoms with Gasteiger partial charge in [0.25, 0.3) is 0 Å². The lowest BCUT2D eigenvalue weighted by Crippen LogP contribution is -2.08. The van der Waals surface area contributed by atoms with Crippen LogP contribution in [-0.4, -0.2) is 20.2 Å². The number of methoxy groups -OCH3 is 1. The van der Waals surface area contributed by atoms with Crippen molar-refractivity contribution in [1.82, 2.24) is 5.32 Å². The van der Waals surface area contributed by atoms with Gasteiger partial charge in [-0.2, -0.15) is 0 Å². The molecular formula is C11H14BrNO. The Morgan fingerprint density at radius 1 is 1.50 bits per heavy atom. The molecule has 2 nitrogen and oxygen atoms in total. The van der Waals surface area contributed by atoms with Gasteiger partial charge in [0.1, 0.15) is 5.75 Å². The van der Waals surface area contributed by atoms with Crippen molar-refractivity contribution in [2.45, 2.75) is 12.3 Å². The third-order valence-corrected chi connectivity index (χ3v) is 3.39. The lowest BCUT2D eigenvalue weighted by atomic mass is 9.98. The van der Waals surface area contributed by atoms with Gasteiger partial charge in [-0.1, -0.05) is 22.0 Å². The predicted octanol–water partition coefficient (Wildman–Crippen LogP) is 2.53. The molecule has 1 aromatic carbocycles. The van der Waals surface area contributed by atoms with Crippen molar-refractivity contribution in [2.75, 3.05) is 20.2 Å². The zero-order valence-corrected chi connectivity index (χ0v) is 9.80. The topological polar surface area (TPSA) is 21.3 Å². The monoisotopic (exact) mass is 255 g/mol. The fraction of sp³-hybridized carbons (Fsp3) is 0.455. The number of benzene rings is 1. The number of ether oxygens (including phenoxy) is 1. The molecule has 1 aliphatic heterocycles. The summed E-state index contributed by atoms with van der Waals surface area (Å²) in [5.74, 6) is 1.56. The highest BCUT2D eigenvalue weighted by Crippen LogP contribution is 2.31. The van der Waals surface area contributed by atoms with Gasteiger partial charge in [0.15, 0.2) is 0 Å². The van der Waals surface area contributed by atoms with Crippen LogP contribution in [0.1, 0.15) is 17.9 Å². The van der Waals surface area contributed by atoms with Crippen LogP contribution in [0.15, 0.2) is 22.7 Å². The highest BCUT2D eigenvalue weighted by atomic mass is 79.9. The Kier molecular flexibility index (Phi) is 3.08. The summed E-state index contributed by atoms with van der Waals surface area (Å²) in [7, 11) is 1.69. The minimum atomic E-state index is 0.648. The molecule has 76 valence electrons. The summed E-state index contributed by atoms with van der Waals surface area (Å²) in [4.78, 5) is 0. The molecule has 14 heavy (non-hydrogen) atoms. The quantitative estimate of drug-likeness (QED) is 0.877. The second-order valence-corrected chi connectivity index (χ2v) is 4.43. The molecule has 1 fully saturated rings. The van der Waals surface area contributed by atoms with Gasteiger partial charge in [-0.15, -0.1) is 0 Å². The predicted molar refractivity (Wildman–Crippen MR) is 60.9 cm³/mol. The number of halogens is 1. The first-order valence-corrected chi connectivity index (χ1v) is 5.64. The Bertz CT molecular complexity index is 321. The van der Waals surface area contributed by atoms with Crippen LogP contribution < -0.4 is 10.1 Å². The molecule has 1 atom stereocenters. The summed E-state index contributed by atoms with van der Waals surface area (Å²) in [6.07, 6.45) is 1.23. The molecule has 0 bridgehead atoms. The third-order valence-electron chi connectivity index (χ3n) is 2.71. The molecule has 1 aliphatic rings. The third kappa shape index (κ3) is 1.93. The maximum Gasteiger partial charge on any atom is 0.120 e. The van der Waals surface area contributed by atoms with Crippen LogP contribution in [0.4, 0.5) is 0 Å². The number of nitrogens with one attached hydrogen (secondary N) is 1. The van der Waals surface area contributed by atoms with Gasteiger partial charge in [-0.05, 0) is 36.6 Å². The van der Waals surface area contributed by atoms with E-state index in [2.05, 4.69) is 27.3 Å². The maximum absolute atomic E-state index is 5.17. The van der Waals surface area contributed by atoms with Crippen LogP contribution in [0.5, 0.6) is 5.75 Å². The Labute approximate surface area is 92.8 Å². The molecule has 1 saturated heterocycles. The Balaban J connectivity index is 2.25. The fourth-order valence-electron chi connectivity index (χ4n) is 1.89. The van der Waals surface area contributed by atoms with Gasteiger partial charge in [0.2, 0.25) is 0 Å². The van der Waals surface area contributed by atoms with Crippen LogP contribution in [0.25, 0.3) is 0 Å². The van der Waals surface area contributed by atoms with Crippen molar-refractivity contribution in [3.63, 3.8) is 0 Å². The number of rotatable bonds is 2. The zero-order valence-electron chi connectivity index (χ0n) is 8.22. The first kappa shape index (κ1) is 9.99. The molecule has 0 saturated carbocycles. The molecule has 0 aromatic heterocycles. The minimum Gasteiger partial charge on any atom is -0.497 e. The van der Waals surface area contributed by atoms with Crippen molar-refractivity contribution < 1.29 is 4.74 Å². The van der Waals surface area contributed by atoms with Crippen molar-refractivity contribution in [3.05, 3.63) is 28.2 Å². The normalized spacial score (nSPS) is 21.1. The molecule has 0 spiro atoms. The van der Waals surface area contributed by atoms with Crippen molar-refractivity contribution in [3.8, 4) is 5.75 Å². The summed E-state index contributed by atoms with van der Waals surface area (Å²) < 4.78 is 6.32. The van der Waals surface area contributed by atoms with Crippen molar-refractivity contribution >= 4 is 15.9 Å². The van der Waals surface area contributed by atoms with Gasteiger partial charge in [-0.3, -0.25) is 0 Å². The highest BCUT2D eigenvalue weighted by Gasteiger charge is 2.18.